The molecule has 28 heavy (non-hydrogen) atoms. The van der Waals surface area contributed by atoms with Gasteiger partial charge in [0.25, 0.3) is 0 Å². The Morgan fingerprint density at radius 3 is 2.68 bits per heavy atom. The van der Waals surface area contributed by atoms with Gasteiger partial charge in [-0.3, -0.25) is 9.58 Å². The minimum absolute atomic E-state index is 0. The van der Waals surface area contributed by atoms with Crippen molar-refractivity contribution in [3.63, 3.8) is 0 Å². The zero-order valence-corrected chi connectivity index (χ0v) is 19.7. The third-order valence-corrected chi connectivity index (χ3v) is 5.18. The first-order valence-electron chi connectivity index (χ1n) is 9.66. The Bertz CT molecular complexity index is 757. The van der Waals surface area contributed by atoms with Gasteiger partial charge in [-0.05, 0) is 56.6 Å². The van der Waals surface area contributed by atoms with Gasteiger partial charge in [0.15, 0.2) is 5.96 Å². The molecule has 0 spiro atoms. The van der Waals surface area contributed by atoms with Crippen molar-refractivity contribution in [2.45, 2.75) is 32.4 Å². The lowest BCUT2D eigenvalue weighted by atomic mass is 10.1. The molecule has 2 aromatic rings. The molecule has 0 aliphatic carbocycles. The molecule has 1 aliphatic rings. The summed E-state index contributed by atoms with van der Waals surface area (Å²) in [6.45, 7) is 6.54. The van der Waals surface area contributed by atoms with E-state index in [1.165, 1.54) is 18.4 Å². The highest BCUT2D eigenvalue weighted by molar-refractivity contribution is 14.0. The first-order chi connectivity index (χ1) is 13.2. The van der Waals surface area contributed by atoms with Gasteiger partial charge in [0.1, 0.15) is 0 Å². The molecule has 3 rings (SSSR count). The van der Waals surface area contributed by atoms with Crippen LogP contribution in [0.15, 0.2) is 41.5 Å². The molecule has 1 unspecified atom stereocenters. The number of benzene rings is 1. The van der Waals surface area contributed by atoms with E-state index < -0.39 is 0 Å². The number of rotatable bonds is 7. The predicted molar refractivity (Wildman–Crippen MR) is 126 cm³/mol. The van der Waals surface area contributed by atoms with Crippen LogP contribution in [0.3, 0.4) is 0 Å². The maximum Gasteiger partial charge on any atom is 0.191 e. The summed E-state index contributed by atoms with van der Waals surface area (Å²) < 4.78 is 1.85. The van der Waals surface area contributed by atoms with E-state index in [4.69, 9.17) is 16.6 Å². The van der Waals surface area contributed by atoms with Crippen LogP contribution in [-0.2, 0) is 13.6 Å². The van der Waals surface area contributed by atoms with Crippen molar-refractivity contribution in [1.82, 2.24) is 25.3 Å². The second-order valence-corrected chi connectivity index (χ2v) is 7.27. The number of hydrogen-bond donors (Lipinski definition) is 2. The summed E-state index contributed by atoms with van der Waals surface area (Å²) >= 11 is 6.25. The molecule has 154 valence electrons. The summed E-state index contributed by atoms with van der Waals surface area (Å²) in [6, 6.07) is 10.5. The molecule has 0 bridgehead atoms. The highest BCUT2D eigenvalue weighted by Gasteiger charge is 2.23. The number of aryl methyl sites for hydroxylation is 1. The van der Waals surface area contributed by atoms with Gasteiger partial charge in [-0.25, -0.2) is 4.99 Å². The van der Waals surface area contributed by atoms with Gasteiger partial charge in [0.2, 0.25) is 0 Å². The van der Waals surface area contributed by atoms with Crippen LogP contribution in [0.2, 0.25) is 5.02 Å². The zero-order valence-electron chi connectivity index (χ0n) is 16.6. The van der Waals surface area contributed by atoms with Crippen molar-refractivity contribution in [3.8, 4) is 0 Å². The van der Waals surface area contributed by atoms with Crippen molar-refractivity contribution >= 4 is 41.5 Å². The monoisotopic (exact) mass is 516 g/mol. The average Bonchev–Trinajstić information content (AvgIpc) is 3.32. The molecule has 8 heteroatoms. The Kier molecular flexibility index (Phi) is 9.53. The van der Waals surface area contributed by atoms with Crippen molar-refractivity contribution in [3.05, 3.63) is 52.8 Å². The lowest BCUT2D eigenvalue weighted by molar-refractivity contribution is 0.245. The molecular weight excluding hydrogens is 487 g/mol. The zero-order chi connectivity index (χ0) is 19.1. The van der Waals surface area contributed by atoms with E-state index in [2.05, 4.69) is 39.7 Å². The molecule has 1 aromatic carbocycles. The van der Waals surface area contributed by atoms with E-state index in [0.717, 1.165) is 42.9 Å². The summed E-state index contributed by atoms with van der Waals surface area (Å²) in [5, 5.41) is 11.8. The van der Waals surface area contributed by atoms with Crippen LogP contribution in [0.4, 0.5) is 0 Å². The minimum atomic E-state index is 0. The molecule has 0 radical (unpaired) electrons. The van der Waals surface area contributed by atoms with E-state index in [1.54, 1.807) is 6.20 Å². The number of aliphatic imine (C=N–C) groups is 1. The molecule has 0 saturated carbocycles. The van der Waals surface area contributed by atoms with Gasteiger partial charge in [-0.2, -0.15) is 5.10 Å². The maximum absolute atomic E-state index is 6.25. The molecule has 1 aromatic heterocycles. The van der Waals surface area contributed by atoms with Crippen molar-refractivity contribution in [2.75, 3.05) is 26.2 Å². The van der Waals surface area contributed by atoms with Crippen molar-refractivity contribution in [2.24, 2.45) is 12.0 Å². The molecule has 1 aliphatic heterocycles. The van der Waals surface area contributed by atoms with Gasteiger partial charge in [-0.15, -0.1) is 24.0 Å². The van der Waals surface area contributed by atoms with E-state index in [1.807, 2.05) is 29.9 Å². The van der Waals surface area contributed by atoms with Crippen LogP contribution >= 0.6 is 35.6 Å². The molecule has 1 fully saturated rings. The Balaban J connectivity index is 0.00000280. The summed E-state index contributed by atoms with van der Waals surface area (Å²) in [4.78, 5) is 7.25. The van der Waals surface area contributed by atoms with Crippen LogP contribution in [0.1, 0.15) is 37.1 Å². The van der Waals surface area contributed by atoms with Crippen molar-refractivity contribution in [1.29, 1.82) is 0 Å². The fourth-order valence-electron chi connectivity index (χ4n) is 3.48. The number of nitrogens with one attached hydrogen (secondary N) is 2. The quantitative estimate of drug-likeness (QED) is 0.336. The van der Waals surface area contributed by atoms with E-state index in [0.29, 0.717) is 6.54 Å². The Morgan fingerprint density at radius 2 is 2.04 bits per heavy atom. The van der Waals surface area contributed by atoms with E-state index in [9.17, 15) is 0 Å². The molecule has 2 heterocycles. The molecule has 0 amide bonds. The lowest BCUT2D eigenvalue weighted by Gasteiger charge is -2.29. The highest BCUT2D eigenvalue weighted by atomic mass is 127. The second kappa shape index (κ2) is 11.6. The molecule has 6 nitrogen and oxygen atoms in total. The third-order valence-electron chi connectivity index (χ3n) is 4.94. The number of halogens is 2. The lowest BCUT2D eigenvalue weighted by Crippen LogP contribution is -2.42. The average molecular weight is 517 g/mol. The maximum atomic E-state index is 6.25. The van der Waals surface area contributed by atoms with Gasteiger partial charge in [0.05, 0.1) is 18.3 Å². The van der Waals surface area contributed by atoms with E-state index in [-0.39, 0.29) is 30.0 Å². The first-order valence-corrected chi connectivity index (χ1v) is 10.0. The predicted octanol–water partition coefficient (Wildman–Crippen LogP) is 3.58. The Morgan fingerprint density at radius 1 is 1.25 bits per heavy atom. The third kappa shape index (κ3) is 6.35. The molecule has 1 atom stereocenters. The summed E-state index contributed by atoms with van der Waals surface area (Å²) in [5.41, 5.74) is 2.33. The summed E-state index contributed by atoms with van der Waals surface area (Å²) in [6.07, 6.45) is 4.31. The van der Waals surface area contributed by atoms with Crippen molar-refractivity contribution < 1.29 is 0 Å². The van der Waals surface area contributed by atoms with Gasteiger partial charge in [-0.1, -0.05) is 23.7 Å². The second-order valence-electron chi connectivity index (χ2n) is 6.84. The summed E-state index contributed by atoms with van der Waals surface area (Å²) in [5.74, 6) is 0.824. The number of aromatic nitrogens is 2. The number of guanidine groups is 1. The largest absolute Gasteiger partial charge is 0.357 e. The number of likely N-dealkylation sites (tertiary alicyclic amines) is 1. The van der Waals surface area contributed by atoms with Crippen LogP contribution in [0.5, 0.6) is 0 Å². The van der Waals surface area contributed by atoms with Gasteiger partial charge >= 0.3 is 0 Å². The van der Waals surface area contributed by atoms with Gasteiger partial charge < -0.3 is 10.6 Å². The number of hydrogen-bond acceptors (Lipinski definition) is 3. The highest BCUT2D eigenvalue weighted by Crippen LogP contribution is 2.26. The fourth-order valence-corrected chi connectivity index (χ4v) is 3.68. The molecular formula is C20H30ClIN6. The summed E-state index contributed by atoms with van der Waals surface area (Å²) in [7, 11) is 1.94. The minimum Gasteiger partial charge on any atom is -0.357 e. The topological polar surface area (TPSA) is 57.5 Å². The molecule has 1 saturated heterocycles. The first kappa shape index (κ1) is 23.0. The Hall–Kier alpha value is -1.32. The molecule has 2 N–H and O–H groups in total. The van der Waals surface area contributed by atoms with Crippen LogP contribution in [0.25, 0.3) is 0 Å². The van der Waals surface area contributed by atoms with Gasteiger partial charge in [0, 0.05) is 31.4 Å². The smallest absolute Gasteiger partial charge is 0.191 e. The number of nitrogens with zero attached hydrogens (tertiary/aromatic N) is 4. The van der Waals surface area contributed by atoms with E-state index >= 15 is 0 Å². The van der Waals surface area contributed by atoms with Crippen LogP contribution < -0.4 is 10.6 Å². The van der Waals surface area contributed by atoms with Crippen LogP contribution in [0, 0.1) is 0 Å². The Labute approximate surface area is 189 Å². The normalized spacial score (nSPS) is 15.9. The van der Waals surface area contributed by atoms with Crippen LogP contribution in [-0.4, -0.2) is 46.8 Å². The SMILES string of the molecule is CCNC(=NCc1ccnn1C)NCC(c1cccc(Cl)c1)N1CCCC1.I. The fraction of sp³-hybridized carbons (Fsp3) is 0.500. The standard InChI is InChI=1S/C20H29ClN6.HI/c1-3-22-20(23-14-18-9-10-25-26(18)2)24-15-19(27-11-4-5-12-27)16-7-6-8-17(21)13-16;/h6-10,13,19H,3-5,11-12,14-15H2,1-2H3,(H2,22,23,24);1H.